The Kier molecular flexibility index (Phi) is 5.42. The predicted molar refractivity (Wildman–Crippen MR) is 63.6 cm³/mol. The molecule has 1 rings (SSSR count). The minimum atomic E-state index is -0.592. The summed E-state index contributed by atoms with van der Waals surface area (Å²) < 4.78 is 4.73. The molecular formula is C11H13NO3S. The molecule has 5 heteroatoms. The number of oxime groups is 1. The van der Waals surface area contributed by atoms with E-state index >= 15 is 0 Å². The standard InChI is InChI=1S/C11H13NO3S/c1-2-15-11(13)10(12-14)16-8-9-6-4-3-5-7-9/h3-7,14H,2,8H2,1H3. The number of hydrogen-bond acceptors (Lipinski definition) is 5. The number of rotatable bonds is 3. The van der Waals surface area contributed by atoms with E-state index in [-0.39, 0.29) is 11.7 Å². The van der Waals surface area contributed by atoms with Gasteiger partial charge in [0.1, 0.15) is 0 Å². The fourth-order valence-electron chi connectivity index (χ4n) is 1.05. The van der Waals surface area contributed by atoms with Crippen LogP contribution < -0.4 is 0 Å². The molecule has 0 fully saturated rings. The third kappa shape index (κ3) is 3.94. The van der Waals surface area contributed by atoms with Gasteiger partial charge in [0.05, 0.1) is 6.61 Å². The summed E-state index contributed by atoms with van der Waals surface area (Å²) in [5.74, 6) is -0.0232. The summed E-state index contributed by atoms with van der Waals surface area (Å²) >= 11 is 1.15. The molecule has 16 heavy (non-hydrogen) atoms. The van der Waals surface area contributed by atoms with E-state index in [9.17, 15) is 4.79 Å². The van der Waals surface area contributed by atoms with Crippen molar-refractivity contribution >= 4 is 22.8 Å². The van der Waals surface area contributed by atoms with Crippen molar-refractivity contribution in [2.75, 3.05) is 6.61 Å². The smallest absolute Gasteiger partial charge is 0.367 e. The van der Waals surface area contributed by atoms with Gasteiger partial charge in [-0.1, -0.05) is 47.2 Å². The van der Waals surface area contributed by atoms with Crippen LogP contribution in [0.1, 0.15) is 12.5 Å². The van der Waals surface area contributed by atoms with Crippen molar-refractivity contribution in [3.63, 3.8) is 0 Å². The quantitative estimate of drug-likeness (QED) is 0.289. The van der Waals surface area contributed by atoms with Crippen molar-refractivity contribution in [2.24, 2.45) is 5.16 Å². The normalized spacial score (nSPS) is 11.2. The van der Waals surface area contributed by atoms with Gasteiger partial charge in [-0.25, -0.2) is 4.79 Å². The second-order valence-corrected chi connectivity index (χ2v) is 3.86. The Bertz CT molecular complexity index is 365. The van der Waals surface area contributed by atoms with Crippen molar-refractivity contribution in [3.8, 4) is 0 Å². The molecule has 0 spiro atoms. The highest BCUT2D eigenvalue weighted by Gasteiger charge is 2.13. The maximum Gasteiger partial charge on any atom is 0.367 e. The Morgan fingerprint density at radius 1 is 1.44 bits per heavy atom. The first-order valence-electron chi connectivity index (χ1n) is 4.83. The summed E-state index contributed by atoms with van der Waals surface area (Å²) in [5.41, 5.74) is 1.05. The fraction of sp³-hybridized carbons (Fsp3) is 0.273. The van der Waals surface area contributed by atoms with Crippen LogP contribution in [-0.2, 0) is 15.3 Å². The zero-order valence-corrected chi connectivity index (χ0v) is 9.74. The van der Waals surface area contributed by atoms with Crippen molar-refractivity contribution in [3.05, 3.63) is 35.9 Å². The van der Waals surface area contributed by atoms with Crippen LogP contribution in [0.3, 0.4) is 0 Å². The van der Waals surface area contributed by atoms with Crippen LogP contribution in [0.15, 0.2) is 35.5 Å². The van der Waals surface area contributed by atoms with E-state index < -0.39 is 5.97 Å². The molecule has 0 aliphatic rings. The van der Waals surface area contributed by atoms with Crippen LogP contribution in [0.25, 0.3) is 0 Å². The van der Waals surface area contributed by atoms with Gasteiger partial charge in [0.25, 0.3) is 0 Å². The molecule has 0 saturated carbocycles. The average Bonchev–Trinajstić information content (AvgIpc) is 2.31. The van der Waals surface area contributed by atoms with Crippen LogP contribution in [0.5, 0.6) is 0 Å². The van der Waals surface area contributed by atoms with Crippen LogP contribution in [-0.4, -0.2) is 22.8 Å². The number of nitrogens with zero attached hydrogens (tertiary/aromatic N) is 1. The van der Waals surface area contributed by atoms with Gasteiger partial charge in [-0.3, -0.25) is 0 Å². The van der Waals surface area contributed by atoms with Gasteiger partial charge >= 0.3 is 5.97 Å². The summed E-state index contributed by atoms with van der Waals surface area (Å²) in [4.78, 5) is 11.3. The molecule has 4 nitrogen and oxygen atoms in total. The van der Waals surface area contributed by atoms with E-state index in [1.54, 1.807) is 6.92 Å². The van der Waals surface area contributed by atoms with Gasteiger partial charge in [-0.15, -0.1) is 0 Å². The lowest BCUT2D eigenvalue weighted by Gasteiger charge is -2.03. The van der Waals surface area contributed by atoms with E-state index in [0.29, 0.717) is 5.75 Å². The molecule has 0 aliphatic carbocycles. The van der Waals surface area contributed by atoms with E-state index in [4.69, 9.17) is 9.94 Å². The average molecular weight is 239 g/mol. The van der Waals surface area contributed by atoms with Crippen LogP contribution in [0.4, 0.5) is 0 Å². The lowest BCUT2D eigenvalue weighted by molar-refractivity contribution is -0.134. The topological polar surface area (TPSA) is 58.9 Å². The van der Waals surface area contributed by atoms with E-state index in [1.165, 1.54) is 0 Å². The highest BCUT2D eigenvalue weighted by atomic mass is 32.2. The summed E-state index contributed by atoms with van der Waals surface area (Å²) in [6, 6.07) is 9.62. The first kappa shape index (κ1) is 12.6. The van der Waals surface area contributed by atoms with Gasteiger partial charge < -0.3 is 9.94 Å². The molecular weight excluding hydrogens is 226 g/mol. The van der Waals surface area contributed by atoms with Gasteiger partial charge in [-0.2, -0.15) is 0 Å². The van der Waals surface area contributed by atoms with Crippen LogP contribution in [0, 0.1) is 0 Å². The predicted octanol–water partition coefficient (Wildman–Crippen LogP) is 2.27. The number of benzene rings is 1. The minimum Gasteiger partial charge on any atom is -0.461 e. The van der Waals surface area contributed by atoms with Gasteiger partial charge in [-0.05, 0) is 12.5 Å². The maximum absolute atomic E-state index is 11.3. The molecule has 0 amide bonds. The van der Waals surface area contributed by atoms with Crippen LogP contribution >= 0.6 is 11.8 Å². The highest BCUT2D eigenvalue weighted by molar-refractivity contribution is 8.15. The minimum absolute atomic E-state index is 0.0225. The van der Waals surface area contributed by atoms with Gasteiger partial charge in [0, 0.05) is 5.75 Å². The molecule has 1 aromatic carbocycles. The summed E-state index contributed by atoms with van der Waals surface area (Å²) in [7, 11) is 0. The fourth-order valence-corrected chi connectivity index (χ4v) is 1.78. The van der Waals surface area contributed by atoms with Crippen LogP contribution in [0.2, 0.25) is 0 Å². The third-order valence-corrected chi connectivity index (χ3v) is 2.76. The zero-order valence-electron chi connectivity index (χ0n) is 8.92. The lowest BCUT2D eigenvalue weighted by atomic mass is 10.2. The van der Waals surface area contributed by atoms with Crippen molar-refractivity contribution in [2.45, 2.75) is 12.7 Å². The van der Waals surface area contributed by atoms with E-state index in [1.807, 2.05) is 30.3 Å². The Morgan fingerprint density at radius 2 is 2.12 bits per heavy atom. The summed E-state index contributed by atoms with van der Waals surface area (Å²) in [6.45, 7) is 1.97. The largest absolute Gasteiger partial charge is 0.461 e. The number of carbonyl (C=O) groups is 1. The molecule has 0 atom stereocenters. The van der Waals surface area contributed by atoms with Crippen molar-refractivity contribution < 1.29 is 14.7 Å². The van der Waals surface area contributed by atoms with E-state index in [0.717, 1.165) is 17.3 Å². The molecule has 0 bridgehead atoms. The van der Waals surface area contributed by atoms with Crippen molar-refractivity contribution in [1.29, 1.82) is 0 Å². The number of carbonyl (C=O) groups excluding carboxylic acids is 1. The Balaban J connectivity index is 2.50. The number of thioether (sulfide) groups is 1. The molecule has 1 N–H and O–H groups in total. The van der Waals surface area contributed by atoms with Crippen molar-refractivity contribution in [1.82, 2.24) is 0 Å². The summed E-state index contributed by atoms with van der Waals surface area (Å²) in [6.07, 6.45) is 0. The molecule has 0 unspecified atom stereocenters. The third-order valence-electron chi connectivity index (χ3n) is 1.76. The lowest BCUT2D eigenvalue weighted by Crippen LogP contribution is -2.14. The second-order valence-electron chi connectivity index (χ2n) is 2.90. The SMILES string of the molecule is CCOC(=O)C(=NO)SCc1ccccc1. The molecule has 0 heterocycles. The molecule has 0 radical (unpaired) electrons. The molecule has 86 valence electrons. The number of esters is 1. The monoisotopic (exact) mass is 239 g/mol. The number of hydrogen-bond donors (Lipinski definition) is 1. The molecule has 0 aliphatic heterocycles. The second kappa shape index (κ2) is 6.90. The first-order chi connectivity index (χ1) is 7.77. The maximum atomic E-state index is 11.3. The highest BCUT2D eigenvalue weighted by Crippen LogP contribution is 2.14. The van der Waals surface area contributed by atoms with Gasteiger partial charge in [0.15, 0.2) is 0 Å². The van der Waals surface area contributed by atoms with Gasteiger partial charge in [0.2, 0.25) is 5.04 Å². The molecule has 0 saturated heterocycles. The number of ether oxygens (including phenoxy) is 1. The Morgan fingerprint density at radius 3 is 2.69 bits per heavy atom. The Labute approximate surface area is 98.3 Å². The Hall–Kier alpha value is -1.49. The van der Waals surface area contributed by atoms with E-state index in [2.05, 4.69) is 5.16 Å². The molecule has 0 aromatic heterocycles. The summed E-state index contributed by atoms with van der Waals surface area (Å²) in [5, 5.41) is 11.6. The zero-order chi connectivity index (χ0) is 11.8. The molecule has 1 aromatic rings. The first-order valence-corrected chi connectivity index (χ1v) is 5.82.